The topological polar surface area (TPSA) is 49.6 Å². The van der Waals surface area contributed by atoms with Crippen molar-refractivity contribution in [3.8, 4) is 0 Å². The molecular formula is C15H31N3O. The normalized spacial score (nSPS) is 18.1. The molecule has 112 valence electrons. The van der Waals surface area contributed by atoms with E-state index in [0.29, 0.717) is 13.1 Å². The van der Waals surface area contributed by atoms with Gasteiger partial charge in [0.25, 0.3) is 0 Å². The SMILES string of the molecule is CCN(CC(=O)N1CCC(C)CC1)CC(C)(C)CN. The van der Waals surface area contributed by atoms with Crippen molar-refractivity contribution in [2.45, 2.75) is 40.5 Å². The van der Waals surface area contributed by atoms with E-state index in [0.717, 1.165) is 44.9 Å². The minimum Gasteiger partial charge on any atom is -0.342 e. The van der Waals surface area contributed by atoms with Gasteiger partial charge in [-0.05, 0) is 37.3 Å². The number of carbonyl (C=O) groups is 1. The summed E-state index contributed by atoms with van der Waals surface area (Å²) in [4.78, 5) is 16.5. The lowest BCUT2D eigenvalue weighted by molar-refractivity contribution is -0.134. The van der Waals surface area contributed by atoms with E-state index in [-0.39, 0.29) is 11.3 Å². The van der Waals surface area contributed by atoms with Crippen LogP contribution in [0.15, 0.2) is 0 Å². The van der Waals surface area contributed by atoms with Crippen molar-refractivity contribution in [3.63, 3.8) is 0 Å². The predicted octanol–water partition coefficient (Wildman–Crippen LogP) is 1.55. The van der Waals surface area contributed by atoms with Crippen molar-refractivity contribution in [2.75, 3.05) is 39.3 Å². The van der Waals surface area contributed by atoms with Gasteiger partial charge in [0.05, 0.1) is 6.54 Å². The number of likely N-dealkylation sites (N-methyl/N-ethyl adjacent to an activating group) is 1. The number of likely N-dealkylation sites (tertiary alicyclic amines) is 1. The third-order valence-corrected chi connectivity index (χ3v) is 4.15. The minimum absolute atomic E-state index is 0.0761. The molecule has 19 heavy (non-hydrogen) atoms. The number of nitrogens with zero attached hydrogens (tertiary/aromatic N) is 2. The molecule has 0 atom stereocenters. The maximum Gasteiger partial charge on any atom is 0.236 e. The Morgan fingerprint density at radius 3 is 2.42 bits per heavy atom. The first kappa shape index (κ1) is 16.4. The molecule has 1 aliphatic rings. The lowest BCUT2D eigenvalue weighted by atomic mass is 9.93. The molecule has 1 amide bonds. The second-order valence-corrected chi connectivity index (χ2v) is 6.73. The Morgan fingerprint density at radius 1 is 1.37 bits per heavy atom. The third kappa shape index (κ3) is 5.49. The summed E-state index contributed by atoms with van der Waals surface area (Å²) in [7, 11) is 0. The summed E-state index contributed by atoms with van der Waals surface area (Å²) >= 11 is 0. The molecule has 1 rings (SSSR count). The fourth-order valence-corrected chi connectivity index (χ4v) is 2.50. The van der Waals surface area contributed by atoms with Gasteiger partial charge < -0.3 is 10.6 Å². The van der Waals surface area contributed by atoms with Crippen LogP contribution in [0.2, 0.25) is 0 Å². The third-order valence-electron chi connectivity index (χ3n) is 4.15. The number of nitrogens with two attached hydrogens (primary N) is 1. The van der Waals surface area contributed by atoms with E-state index in [4.69, 9.17) is 5.73 Å². The number of hydrogen-bond acceptors (Lipinski definition) is 3. The molecule has 1 heterocycles. The molecule has 0 aromatic rings. The summed E-state index contributed by atoms with van der Waals surface area (Å²) in [5.41, 5.74) is 5.85. The van der Waals surface area contributed by atoms with E-state index >= 15 is 0 Å². The molecule has 1 saturated heterocycles. The molecule has 4 heteroatoms. The van der Waals surface area contributed by atoms with Gasteiger partial charge in [0, 0.05) is 19.6 Å². The van der Waals surface area contributed by atoms with Crippen molar-refractivity contribution in [2.24, 2.45) is 17.1 Å². The summed E-state index contributed by atoms with van der Waals surface area (Å²) in [6.45, 7) is 13.5. The molecule has 0 radical (unpaired) electrons. The average molecular weight is 269 g/mol. The van der Waals surface area contributed by atoms with Crippen LogP contribution in [-0.2, 0) is 4.79 Å². The molecule has 0 aromatic heterocycles. The van der Waals surface area contributed by atoms with Crippen LogP contribution < -0.4 is 5.73 Å². The molecule has 0 aliphatic carbocycles. The number of rotatable bonds is 6. The summed E-state index contributed by atoms with van der Waals surface area (Å²) in [5, 5.41) is 0. The maximum atomic E-state index is 12.3. The molecule has 1 fully saturated rings. The van der Waals surface area contributed by atoms with Gasteiger partial charge in [0.2, 0.25) is 5.91 Å². The van der Waals surface area contributed by atoms with Crippen LogP contribution in [0, 0.1) is 11.3 Å². The van der Waals surface area contributed by atoms with Crippen LogP contribution in [0.4, 0.5) is 0 Å². The van der Waals surface area contributed by atoms with Crippen LogP contribution in [-0.4, -0.2) is 55.0 Å². The molecule has 0 bridgehead atoms. The van der Waals surface area contributed by atoms with Crippen molar-refractivity contribution in [1.29, 1.82) is 0 Å². The summed E-state index contributed by atoms with van der Waals surface area (Å²) in [6, 6.07) is 0. The first-order chi connectivity index (χ1) is 8.88. The molecule has 1 aliphatic heterocycles. The van der Waals surface area contributed by atoms with Crippen LogP contribution in [0.1, 0.15) is 40.5 Å². The van der Waals surface area contributed by atoms with Gasteiger partial charge >= 0.3 is 0 Å². The minimum atomic E-state index is 0.0761. The lowest BCUT2D eigenvalue weighted by Crippen LogP contribution is -2.47. The van der Waals surface area contributed by atoms with Gasteiger partial charge in [-0.1, -0.05) is 27.7 Å². The Balaban J connectivity index is 2.44. The van der Waals surface area contributed by atoms with E-state index in [1.165, 1.54) is 0 Å². The largest absolute Gasteiger partial charge is 0.342 e. The molecule has 2 N–H and O–H groups in total. The van der Waals surface area contributed by atoms with Crippen molar-refractivity contribution >= 4 is 5.91 Å². The second-order valence-electron chi connectivity index (χ2n) is 6.73. The maximum absolute atomic E-state index is 12.3. The van der Waals surface area contributed by atoms with Crippen LogP contribution in [0.25, 0.3) is 0 Å². The smallest absolute Gasteiger partial charge is 0.236 e. The number of hydrogen-bond donors (Lipinski definition) is 1. The van der Waals surface area contributed by atoms with E-state index in [1.54, 1.807) is 0 Å². The van der Waals surface area contributed by atoms with Crippen molar-refractivity contribution < 1.29 is 4.79 Å². The summed E-state index contributed by atoms with van der Waals surface area (Å²) < 4.78 is 0. The fraction of sp³-hybridized carbons (Fsp3) is 0.933. The van der Waals surface area contributed by atoms with Gasteiger partial charge in [-0.2, -0.15) is 0 Å². The highest BCUT2D eigenvalue weighted by Crippen LogP contribution is 2.17. The zero-order valence-electron chi connectivity index (χ0n) is 13.1. The highest BCUT2D eigenvalue weighted by atomic mass is 16.2. The highest BCUT2D eigenvalue weighted by molar-refractivity contribution is 5.78. The second kappa shape index (κ2) is 7.25. The van der Waals surface area contributed by atoms with Gasteiger partial charge in [-0.3, -0.25) is 9.69 Å². The molecular weight excluding hydrogens is 238 g/mol. The van der Waals surface area contributed by atoms with Crippen LogP contribution in [0.5, 0.6) is 0 Å². The molecule has 0 saturated carbocycles. The zero-order valence-corrected chi connectivity index (χ0v) is 13.1. The Kier molecular flexibility index (Phi) is 6.27. The van der Waals surface area contributed by atoms with Gasteiger partial charge in [0.15, 0.2) is 0 Å². The predicted molar refractivity (Wildman–Crippen MR) is 79.9 cm³/mol. The molecule has 0 spiro atoms. The van der Waals surface area contributed by atoms with E-state index in [9.17, 15) is 4.79 Å². The summed E-state index contributed by atoms with van der Waals surface area (Å²) in [6.07, 6.45) is 2.29. The fourth-order valence-electron chi connectivity index (χ4n) is 2.50. The Bertz CT molecular complexity index is 283. The van der Waals surface area contributed by atoms with Crippen molar-refractivity contribution in [1.82, 2.24) is 9.80 Å². The summed E-state index contributed by atoms with van der Waals surface area (Å²) in [5.74, 6) is 1.05. The highest BCUT2D eigenvalue weighted by Gasteiger charge is 2.24. The number of amides is 1. The Morgan fingerprint density at radius 2 is 1.95 bits per heavy atom. The number of piperidine rings is 1. The van der Waals surface area contributed by atoms with Crippen molar-refractivity contribution in [3.05, 3.63) is 0 Å². The molecule has 0 unspecified atom stereocenters. The first-order valence-electron chi connectivity index (χ1n) is 7.58. The standard InChI is InChI=1S/C15H31N3O/c1-5-17(12-15(3,4)11-16)10-14(19)18-8-6-13(2)7-9-18/h13H,5-12,16H2,1-4H3. The molecule has 4 nitrogen and oxygen atoms in total. The first-order valence-corrected chi connectivity index (χ1v) is 7.58. The number of carbonyl (C=O) groups excluding carboxylic acids is 1. The van der Waals surface area contributed by atoms with Crippen LogP contribution in [0.3, 0.4) is 0 Å². The zero-order chi connectivity index (χ0) is 14.5. The quantitative estimate of drug-likeness (QED) is 0.796. The lowest BCUT2D eigenvalue weighted by Gasteiger charge is -2.34. The molecule has 0 aromatic carbocycles. The van der Waals surface area contributed by atoms with Crippen LogP contribution >= 0.6 is 0 Å². The van der Waals surface area contributed by atoms with Gasteiger partial charge in [-0.15, -0.1) is 0 Å². The van der Waals surface area contributed by atoms with E-state index in [2.05, 4.69) is 32.6 Å². The van der Waals surface area contributed by atoms with E-state index < -0.39 is 0 Å². The Labute approximate surface area is 118 Å². The van der Waals surface area contributed by atoms with Gasteiger partial charge in [-0.25, -0.2) is 0 Å². The average Bonchev–Trinajstić information content (AvgIpc) is 2.38. The van der Waals surface area contributed by atoms with Gasteiger partial charge in [0.1, 0.15) is 0 Å². The Hall–Kier alpha value is -0.610. The monoisotopic (exact) mass is 269 g/mol. The van der Waals surface area contributed by atoms with E-state index in [1.807, 2.05) is 4.90 Å².